The minimum absolute atomic E-state index is 0.153. The van der Waals surface area contributed by atoms with Crippen LogP contribution in [0.4, 0.5) is 5.69 Å². The number of ether oxygens (including phenoxy) is 1. The Morgan fingerprint density at radius 2 is 2.09 bits per heavy atom. The van der Waals surface area contributed by atoms with Crippen LogP contribution in [0.3, 0.4) is 0 Å². The maximum atomic E-state index is 12.6. The summed E-state index contributed by atoms with van der Waals surface area (Å²) in [4.78, 5) is 26.0. The third-order valence-corrected chi connectivity index (χ3v) is 5.29. The van der Waals surface area contributed by atoms with E-state index in [2.05, 4.69) is 10.2 Å². The van der Waals surface area contributed by atoms with E-state index in [1.807, 2.05) is 6.92 Å². The summed E-state index contributed by atoms with van der Waals surface area (Å²) in [6, 6.07) is 7.00. The number of nitrogens with zero attached hydrogens (tertiary/aromatic N) is 3. The number of para-hydroxylation sites is 2. The van der Waals surface area contributed by atoms with Gasteiger partial charge in [0.2, 0.25) is 11.8 Å². The van der Waals surface area contributed by atoms with Crippen LogP contribution in [-0.4, -0.2) is 34.4 Å². The van der Waals surface area contributed by atoms with E-state index in [0.717, 1.165) is 5.01 Å². The van der Waals surface area contributed by atoms with Gasteiger partial charge in [0.1, 0.15) is 16.0 Å². The summed E-state index contributed by atoms with van der Waals surface area (Å²) in [6.07, 6.45) is 0.153. The van der Waals surface area contributed by atoms with E-state index in [0.29, 0.717) is 15.8 Å². The smallest absolute Gasteiger partial charge is 0.247 e. The molecule has 1 aromatic carbocycles. The van der Waals surface area contributed by atoms with Crippen molar-refractivity contribution in [2.24, 2.45) is 0 Å². The molecule has 0 N–H and O–H groups in total. The molecule has 1 aliphatic rings. The molecule has 0 bridgehead atoms. The Morgan fingerprint density at radius 3 is 2.77 bits per heavy atom. The van der Waals surface area contributed by atoms with Crippen molar-refractivity contribution in [3.05, 3.63) is 29.3 Å². The summed E-state index contributed by atoms with van der Waals surface area (Å²) in [5.74, 6) is 0.0298. The number of methoxy groups -OCH3 is 1. The molecule has 0 radical (unpaired) electrons. The summed E-state index contributed by atoms with van der Waals surface area (Å²) in [6.45, 7) is 1.85. The SMILES string of the molecule is COc1ccccc1N1C(=O)C[C@@H](Sc2nnc(C)s2)C1=O. The molecule has 2 amide bonds. The molecule has 2 heterocycles. The standard InChI is InChI=1S/C14H13N3O3S2/c1-8-15-16-14(21-8)22-11-7-12(18)17(13(11)19)9-5-3-4-6-10(9)20-2/h3-6,11H,7H2,1-2H3/t11-/m1/s1. The van der Waals surface area contributed by atoms with Crippen LogP contribution in [0.25, 0.3) is 0 Å². The number of carbonyl (C=O) groups excluding carboxylic acids is 2. The van der Waals surface area contributed by atoms with Crippen LogP contribution in [0.15, 0.2) is 28.6 Å². The maximum Gasteiger partial charge on any atom is 0.247 e. The topological polar surface area (TPSA) is 72.4 Å². The van der Waals surface area contributed by atoms with Crippen LogP contribution in [0.1, 0.15) is 11.4 Å². The molecule has 0 spiro atoms. The normalized spacial score (nSPS) is 18.1. The fourth-order valence-electron chi connectivity index (χ4n) is 2.21. The summed E-state index contributed by atoms with van der Waals surface area (Å²) in [7, 11) is 1.51. The molecule has 1 aromatic heterocycles. The number of carbonyl (C=O) groups is 2. The first-order chi connectivity index (χ1) is 10.6. The van der Waals surface area contributed by atoms with Crippen molar-refractivity contribution in [3.63, 3.8) is 0 Å². The predicted molar refractivity (Wildman–Crippen MR) is 84.4 cm³/mol. The number of imide groups is 1. The van der Waals surface area contributed by atoms with Gasteiger partial charge >= 0.3 is 0 Å². The minimum atomic E-state index is -0.468. The lowest BCUT2D eigenvalue weighted by atomic mass is 10.2. The lowest BCUT2D eigenvalue weighted by Crippen LogP contribution is -2.31. The largest absolute Gasteiger partial charge is 0.495 e. The first-order valence-corrected chi connectivity index (χ1v) is 8.26. The van der Waals surface area contributed by atoms with E-state index in [1.165, 1.54) is 35.1 Å². The summed E-state index contributed by atoms with van der Waals surface area (Å²) in [5, 5.41) is 8.29. The van der Waals surface area contributed by atoms with Crippen molar-refractivity contribution >= 4 is 40.6 Å². The van der Waals surface area contributed by atoms with E-state index in [4.69, 9.17) is 4.74 Å². The first kappa shape index (κ1) is 15.0. The van der Waals surface area contributed by atoms with Crippen molar-refractivity contribution in [3.8, 4) is 5.75 Å². The Kier molecular flexibility index (Phi) is 4.12. The number of thioether (sulfide) groups is 1. The molecular formula is C14H13N3O3S2. The summed E-state index contributed by atoms with van der Waals surface area (Å²) in [5.41, 5.74) is 0.483. The Morgan fingerprint density at radius 1 is 1.32 bits per heavy atom. The lowest BCUT2D eigenvalue weighted by molar-refractivity contribution is -0.121. The Labute approximate surface area is 135 Å². The zero-order valence-electron chi connectivity index (χ0n) is 12.0. The number of rotatable bonds is 4. The highest BCUT2D eigenvalue weighted by molar-refractivity contribution is 8.02. The van der Waals surface area contributed by atoms with Crippen molar-refractivity contribution in [1.29, 1.82) is 0 Å². The summed E-state index contributed by atoms with van der Waals surface area (Å²) < 4.78 is 5.94. The minimum Gasteiger partial charge on any atom is -0.495 e. The number of hydrogen-bond acceptors (Lipinski definition) is 7. The summed E-state index contributed by atoms with van der Waals surface area (Å²) >= 11 is 2.70. The van der Waals surface area contributed by atoms with Crippen LogP contribution in [0.2, 0.25) is 0 Å². The average Bonchev–Trinajstić information content (AvgIpc) is 3.03. The molecule has 2 aromatic rings. The highest BCUT2D eigenvalue weighted by Gasteiger charge is 2.41. The molecule has 6 nitrogen and oxygen atoms in total. The second-order valence-corrected chi connectivity index (χ2v) is 7.27. The monoisotopic (exact) mass is 335 g/mol. The van der Waals surface area contributed by atoms with Crippen LogP contribution < -0.4 is 9.64 Å². The molecule has 0 unspecified atom stereocenters. The van der Waals surface area contributed by atoms with Gasteiger partial charge in [-0.1, -0.05) is 35.2 Å². The van der Waals surface area contributed by atoms with E-state index in [-0.39, 0.29) is 18.2 Å². The number of anilines is 1. The molecule has 1 atom stereocenters. The Balaban J connectivity index is 1.85. The van der Waals surface area contributed by atoms with Gasteiger partial charge in [-0.15, -0.1) is 10.2 Å². The van der Waals surface area contributed by atoms with E-state index in [9.17, 15) is 9.59 Å². The van der Waals surface area contributed by atoms with Crippen molar-refractivity contribution in [2.45, 2.75) is 22.9 Å². The third kappa shape index (κ3) is 2.71. The highest BCUT2D eigenvalue weighted by atomic mass is 32.2. The molecule has 0 saturated carbocycles. The highest BCUT2D eigenvalue weighted by Crippen LogP contribution is 2.37. The quantitative estimate of drug-likeness (QED) is 0.798. The molecular weight excluding hydrogens is 322 g/mol. The van der Waals surface area contributed by atoms with Crippen molar-refractivity contribution < 1.29 is 14.3 Å². The van der Waals surface area contributed by atoms with Crippen LogP contribution in [-0.2, 0) is 9.59 Å². The van der Waals surface area contributed by atoms with Gasteiger partial charge in [-0.05, 0) is 19.1 Å². The second kappa shape index (κ2) is 6.05. The van der Waals surface area contributed by atoms with Crippen LogP contribution in [0, 0.1) is 6.92 Å². The first-order valence-electron chi connectivity index (χ1n) is 6.56. The zero-order valence-corrected chi connectivity index (χ0v) is 13.6. The van der Waals surface area contributed by atoms with Gasteiger partial charge in [-0.2, -0.15) is 0 Å². The average molecular weight is 335 g/mol. The van der Waals surface area contributed by atoms with E-state index < -0.39 is 5.25 Å². The predicted octanol–water partition coefficient (Wildman–Crippen LogP) is 2.28. The van der Waals surface area contributed by atoms with Gasteiger partial charge in [-0.3, -0.25) is 9.59 Å². The van der Waals surface area contributed by atoms with Crippen LogP contribution in [0.5, 0.6) is 5.75 Å². The molecule has 1 aliphatic heterocycles. The Hall–Kier alpha value is -1.93. The van der Waals surface area contributed by atoms with Gasteiger partial charge in [0.05, 0.1) is 12.8 Å². The molecule has 1 fully saturated rings. The second-order valence-electron chi connectivity index (χ2n) is 4.64. The van der Waals surface area contributed by atoms with Gasteiger partial charge < -0.3 is 4.74 Å². The fourth-order valence-corrected chi connectivity index (χ4v) is 4.29. The number of benzene rings is 1. The van der Waals surface area contributed by atoms with Crippen molar-refractivity contribution in [1.82, 2.24) is 10.2 Å². The number of amides is 2. The third-order valence-electron chi connectivity index (χ3n) is 3.18. The van der Waals surface area contributed by atoms with Gasteiger partial charge in [0.25, 0.3) is 0 Å². The number of aryl methyl sites for hydroxylation is 1. The molecule has 1 saturated heterocycles. The Bertz CT molecular complexity index is 732. The zero-order chi connectivity index (χ0) is 15.7. The van der Waals surface area contributed by atoms with Crippen LogP contribution >= 0.6 is 23.1 Å². The molecule has 3 rings (SSSR count). The van der Waals surface area contributed by atoms with Gasteiger partial charge in [0, 0.05) is 6.42 Å². The molecule has 114 valence electrons. The maximum absolute atomic E-state index is 12.6. The number of aromatic nitrogens is 2. The molecule has 0 aliphatic carbocycles. The van der Waals surface area contributed by atoms with Gasteiger partial charge in [-0.25, -0.2) is 4.90 Å². The van der Waals surface area contributed by atoms with Crippen molar-refractivity contribution in [2.75, 3.05) is 12.0 Å². The fraction of sp³-hybridized carbons (Fsp3) is 0.286. The van der Waals surface area contributed by atoms with Gasteiger partial charge in [0.15, 0.2) is 4.34 Å². The molecule has 22 heavy (non-hydrogen) atoms. The molecule has 8 heteroatoms. The van der Waals surface area contributed by atoms with E-state index in [1.54, 1.807) is 24.3 Å². The number of hydrogen-bond donors (Lipinski definition) is 0. The van der Waals surface area contributed by atoms with E-state index >= 15 is 0 Å². The lowest BCUT2D eigenvalue weighted by Gasteiger charge is -2.17.